The summed E-state index contributed by atoms with van der Waals surface area (Å²) in [6.45, 7) is 12.4. The minimum Gasteiger partial charge on any atom is -0.481 e. The number of carboxylic acid groups (broad SMARTS) is 1. The normalized spacial score (nSPS) is 53.4. The van der Waals surface area contributed by atoms with E-state index in [9.17, 15) is 30.3 Å². The maximum absolute atomic E-state index is 12.5. The highest BCUT2D eigenvalue weighted by molar-refractivity contribution is 5.76. The van der Waals surface area contributed by atoms with Gasteiger partial charge < -0.3 is 25.5 Å². The minimum atomic E-state index is -1.19. The molecular formula is C30H50O6. The third kappa shape index (κ3) is 3.08. The Kier molecular flexibility index (Phi) is 5.92. The number of carbonyl (C=O) groups is 1. The van der Waals surface area contributed by atoms with Crippen LogP contribution in [-0.4, -0.2) is 55.4 Å². The summed E-state index contributed by atoms with van der Waals surface area (Å²) in [6, 6.07) is 0. The first-order valence-electron chi connectivity index (χ1n) is 14.5. The molecule has 12 atom stereocenters. The molecule has 6 heteroatoms. The number of carboxylic acids is 1. The van der Waals surface area contributed by atoms with Gasteiger partial charge in [0.25, 0.3) is 0 Å². The first kappa shape index (κ1) is 26.9. The second-order valence-electron chi connectivity index (χ2n) is 15.1. The van der Waals surface area contributed by atoms with Crippen LogP contribution in [0.3, 0.4) is 0 Å². The third-order valence-electron chi connectivity index (χ3n) is 13.7. The van der Waals surface area contributed by atoms with Crippen LogP contribution in [0, 0.1) is 50.7 Å². The number of hydrogen-bond acceptors (Lipinski definition) is 5. The average molecular weight is 507 g/mol. The Balaban J connectivity index is 1.41. The SMILES string of the molecule is C[C@H](CC[C@@H](O)C(C)(C)O)[C@H]1CC[C@@]2(C)[C@@H]3CC[C@H]4[C@](C)(C(=O)O)[C@@H](O)C[C@H](O)[C@@]45C[C@@]35CC[C@]12C. The quantitative estimate of drug-likeness (QED) is 0.365. The molecule has 5 N–H and O–H groups in total. The number of aliphatic hydroxyl groups excluding tert-OH is 3. The topological polar surface area (TPSA) is 118 Å². The summed E-state index contributed by atoms with van der Waals surface area (Å²) in [6.07, 6.45) is 6.46. The highest BCUT2D eigenvalue weighted by Gasteiger charge is 2.85. The van der Waals surface area contributed by atoms with Crippen molar-refractivity contribution < 1.29 is 30.3 Å². The van der Waals surface area contributed by atoms with Gasteiger partial charge >= 0.3 is 5.97 Å². The molecule has 36 heavy (non-hydrogen) atoms. The molecule has 5 fully saturated rings. The number of rotatable bonds is 6. The lowest BCUT2D eigenvalue weighted by Gasteiger charge is -2.63. The second kappa shape index (κ2) is 7.92. The Morgan fingerprint density at radius 1 is 0.944 bits per heavy atom. The fourth-order valence-electron chi connectivity index (χ4n) is 11.3. The molecular weight excluding hydrogens is 456 g/mol. The van der Waals surface area contributed by atoms with Crippen molar-refractivity contribution in [1.29, 1.82) is 0 Å². The Hall–Kier alpha value is -0.690. The Morgan fingerprint density at radius 2 is 1.58 bits per heavy atom. The van der Waals surface area contributed by atoms with E-state index in [1.54, 1.807) is 20.8 Å². The molecule has 5 saturated carbocycles. The lowest BCUT2D eigenvalue weighted by molar-refractivity contribution is -0.210. The molecule has 5 aliphatic carbocycles. The molecule has 2 spiro atoms. The fraction of sp³-hybridized carbons (Fsp3) is 0.967. The Morgan fingerprint density at radius 3 is 2.19 bits per heavy atom. The summed E-state index contributed by atoms with van der Waals surface area (Å²) >= 11 is 0. The van der Waals surface area contributed by atoms with E-state index in [1.165, 1.54) is 6.42 Å². The summed E-state index contributed by atoms with van der Waals surface area (Å²) < 4.78 is 0. The van der Waals surface area contributed by atoms with Crippen LogP contribution in [0.4, 0.5) is 0 Å². The van der Waals surface area contributed by atoms with Crippen molar-refractivity contribution >= 4 is 5.97 Å². The van der Waals surface area contributed by atoms with Crippen LogP contribution in [0.2, 0.25) is 0 Å². The van der Waals surface area contributed by atoms with E-state index in [2.05, 4.69) is 20.8 Å². The van der Waals surface area contributed by atoms with Gasteiger partial charge in [-0.15, -0.1) is 0 Å². The molecule has 0 heterocycles. The third-order valence-corrected chi connectivity index (χ3v) is 13.7. The molecule has 206 valence electrons. The number of hydrogen-bond donors (Lipinski definition) is 5. The van der Waals surface area contributed by atoms with E-state index < -0.39 is 35.3 Å². The van der Waals surface area contributed by atoms with Crippen LogP contribution in [0.5, 0.6) is 0 Å². The van der Waals surface area contributed by atoms with Gasteiger partial charge in [-0.1, -0.05) is 20.8 Å². The molecule has 6 nitrogen and oxygen atoms in total. The first-order valence-corrected chi connectivity index (χ1v) is 14.5. The van der Waals surface area contributed by atoms with Crippen LogP contribution in [0.1, 0.15) is 106 Å². The molecule has 0 aromatic rings. The largest absolute Gasteiger partial charge is 0.481 e. The van der Waals surface area contributed by atoms with Gasteiger partial charge in [-0.2, -0.15) is 0 Å². The van der Waals surface area contributed by atoms with Gasteiger partial charge in [0.15, 0.2) is 0 Å². The molecule has 0 aliphatic heterocycles. The summed E-state index contributed by atoms with van der Waals surface area (Å²) in [5, 5.41) is 53.1. The van der Waals surface area contributed by atoms with Gasteiger partial charge in [0.05, 0.1) is 29.3 Å². The highest BCUT2D eigenvalue weighted by atomic mass is 16.4. The molecule has 5 aliphatic rings. The van der Waals surface area contributed by atoms with Gasteiger partial charge in [0, 0.05) is 11.8 Å². The molecule has 0 saturated heterocycles. The van der Waals surface area contributed by atoms with E-state index in [4.69, 9.17) is 0 Å². The predicted molar refractivity (Wildman–Crippen MR) is 137 cm³/mol. The number of fused-ring (bicyclic) bond motifs is 2. The van der Waals surface area contributed by atoms with Crippen molar-refractivity contribution in [2.75, 3.05) is 0 Å². The molecule has 0 bridgehead atoms. The van der Waals surface area contributed by atoms with Crippen molar-refractivity contribution in [2.24, 2.45) is 50.7 Å². The van der Waals surface area contributed by atoms with E-state index in [1.807, 2.05) is 0 Å². The van der Waals surface area contributed by atoms with Gasteiger partial charge in [0.2, 0.25) is 0 Å². The molecule has 0 aromatic heterocycles. The first-order chi connectivity index (χ1) is 16.5. The van der Waals surface area contributed by atoms with Gasteiger partial charge in [-0.05, 0) is 118 Å². The molecule has 0 radical (unpaired) electrons. The monoisotopic (exact) mass is 506 g/mol. The van der Waals surface area contributed by atoms with E-state index >= 15 is 0 Å². The number of aliphatic carboxylic acids is 1. The minimum absolute atomic E-state index is 0.00429. The van der Waals surface area contributed by atoms with Crippen LogP contribution >= 0.6 is 0 Å². The summed E-state index contributed by atoms with van der Waals surface area (Å²) in [5.41, 5.74) is -2.33. The fourth-order valence-corrected chi connectivity index (χ4v) is 11.3. The highest BCUT2D eigenvalue weighted by Crippen LogP contribution is 2.89. The standard InChI is InChI=1S/C30H50O6/c1-17(7-10-21(31)25(2,3)36)18-11-12-27(5)19-8-9-20-28(6,24(34)35)22(32)15-23(33)30(20)16-29(19,30)14-13-26(18,27)4/h17-23,31-33,36H,7-16H2,1-6H3,(H,34,35)/t17-,18-,19+,20+,21-,22+,23+,26-,27+,28+,29+,30-/m1/s1. The molecule has 0 aromatic carbocycles. The number of aliphatic hydroxyl groups is 4. The van der Waals surface area contributed by atoms with Crippen LogP contribution in [0.15, 0.2) is 0 Å². The van der Waals surface area contributed by atoms with Crippen molar-refractivity contribution in [3.8, 4) is 0 Å². The Labute approximate surface area is 216 Å². The zero-order valence-corrected chi connectivity index (χ0v) is 23.3. The van der Waals surface area contributed by atoms with E-state index in [0.717, 1.165) is 44.9 Å². The van der Waals surface area contributed by atoms with Crippen LogP contribution < -0.4 is 0 Å². The Bertz CT molecular complexity index is 914. The van der Waals surface area contributed by atoms with E-state index in [0.29, 0.717) is 24.2 Å². The van der Waals surface area contributed by atoms with Gasteiger partial charge in [0.1, 0.15) is 0 Å². The molecule has 0 unspecified atom stereocenters. The van der Waals surface area contributed by atoms with E-state index in [-0.39, 0.29) is 34.0 Å². The summed E-state index contributed by atoms with van der Waals surface area (Å²) in [4.78, 5) is 12.5. The smallest absolute Gasteiger partial charge is 0.312 e. The van der Waals surface area contributed by atoms with Gasteiger partial charge in [-0.25, -0.2) is 0 Å². The van der Waals surface area contributed by atoms with Crippen molar-refractivity contribution in [3.63, 3.8) is 0 Å². The lowest BCUT2D eigenvalue weighted by atomic mass is 9.41. The maximum Gasteiger partial charge on any atom is 0.312 e. The predicted octanol–water partition coefficient (Wildman–Crippen LogP) is 4.37. The summed E-state index contributed by atoms with van der Waals surface area (Å²) in [7, 11) is 0. The van der Waals surface area contributed by atoms with Crippen LogP contribution in [-0.2, 0) is 4.79 Å². The van der Waals surface area contributed by atoms with Gasteiger partial charge in [-0.3, -0.25) is 4.79 Å². The lowest BCUT2D eigenvalue weighted by Crippen LogP contribution is -2.63. The zero-order chi connectivity index (χ0) is 26.7. The average Bonchev–Trinajstić information content (AvgIpc) is 3.40. The van der Waals surface area contributed by atoms with Crippen molar-refractivity contribution in [2.45, 2.75) is 130 Å². The van der Waals surface area contributed by atoms with Crippen molar-refractivity contribution in [3.05, 3.63) is 0 Å². The maximum atomic E-state index is 12.5. The summed E-state index contributed by atoms with van der Waals surface area (Å²) in [5.74, 6) is 0.399. The molecule has 0 amide bonds. The zero-order valence-electron chi connectivity index (χ0n) is 23.3. The second-order valence-corrected chi connectivity index (χ2v) is 15.1. The van der Waals surface area contributed by atoms with Crippen molar-refractivity contribution in [1.82, 2.24) is 0 Å². The molecule has 5 rings (SSSR count). The van der Waals surface area contributed by atoms with Crippen LogP contribution in [0.25, 0.3) is 0 Å².